The van der Waals surface area contributed by atoms with E-state index in [4.69, 9.17) is 11.6 Å². The van der Waals surface area contributed by atoms with Crippen molar-refractivity contribution in [1.82, 2.24) is 4.90 Å². The first-order valence-corrected chi connectivity index (χ1v) is 6.18. The molecule has 1 fully saturated rings. The number of carbonyl (C=O) groups is 1. The van der Waals surface area contributed by atoms with Gasteiger partial charge in [-0.05, 0) is 38.9 Å². The summed E-state index contributed by atoms with van der Waals surface area (Å²) in [6, 6.07) is 7.19. The molecule has 1 aromatic rings. The summed E-state index contributed by atoms with van der Waals surface area (Å²) in [7, 11) is 0. The van der Waals surface area contributed by atoms with Crippen molar-refractivity contribution in [3.63, 3.8) is 0 Å². The van der Waals surface area contributed by atoms with Crippen molar-refractivity contribution in [1.29, 1.82) is 0 Å². The molecule has 1 aromatic carbocycles. The van der Waals surface area contributed by atoms with Crippen LogP contribution < -0.4 is 0 Å². The van der Waals surface area contributed by atoms with Crippen LogP contribution in [-0.2, 0) is 10.3 Å². The predicted octanol–water partition coefficient (Wildman–Crippen LogP) is 2.74. The molecular formula is C13H16ClNO2. The van der Waals surface area contributed by atoms with Gasteiger partial charge in [-0.3, -0.25) is 4.90 Å². The molecule has 4 heteroatoms. The van der Waals surface area contributed by atoms with Crippen LogP contribution in [0.5, 0.6) is 0 Å². The van der Waals surface area contributed by atoms with Crippen LogP contribution in [0.4, 0.5) is 0 Å². The maximum atomic E-state index is 11.7. The number of likely N-dealkylation sites (tertiary alicyclic amines) is 1. The molecular weight excluding hydrogens is 238 g/mol. The minimum absolute atomic E-state index is 0.518. The number of nitrogens with zero attached hydrogens (tertiary/aromatic N) is 1. The standard InChI is InChI=1S/C13H16ClNO2/c1-13(12(16)17,15-8-4-5-9-15)10-6-2-3-7-11(10)14/h2-3,6-7H,4-5,8-9H2,1H3,(H,16,17)/t13-/m1/s1. The summed E-state index contributed by atoms with van der Waals surface area (Å²) in [4.78, 5) is 13.7. The zero-order valence-corrected chi connectivity index (χ0v) is 10.6. The number of carboxylic acids is 1. The van der Waals surface area contributed by atoms with E-state index in [0.717, 1.165) is 25.9 Å². The summed E-state index contributed by atoms with van der Waals surface area (Å²) in [6.45, 7) is 3.36. The van der Waals surface area contributed by atoms with Gasteiger partial charge in [-0.15, -0.1) is 0 Å². The molecule has 1 saturated heterocycles. The van der Waals surface area contributed by atoms with Crippen LogP contribution in [0, 0.1) is 0 Å². The molecule has 0 spiro atoms. The molecule has 0 bridgehead atoms. The van der Waals surface area contributed by atoms with E-state index in [1.807, 2.05) is 17.0 Å². The van der Waals surface area contributed by atoms with Gasteiger partial charge in [0.1, 0.15) is 5.54 Å². The van der Waals surface area contributed by atoms with Crippen molar-refractivity contribution in [3.8, 4) is 0 Å². The Morgan fingerprint density at radius 1 is 1.35 bits per heavy atom. The minimum atomic E-state index is -1.02. The Morgan fingerprint density at radius 2 is 1.94 bits per heavy atom. The van der Waals surface area contributed by atoms with E-state index < -0.39 is 11.5 Å². The second kappa shape index (κ2) is 4.67. The lowest BCUT2D eigenvalue weighted by atomic mass is 9.90. The monoisotopic (exact) mass is 253 g/mol. The Kier molecular flexibility index (Phi) is 3.40. The van der Waals surface area contributed by atoms with Crippen LogP contribution in [0.2, 0.25) is 5.02 Å². The Labute approximate surface area is 106 Å². The van der Waals surface area contributed by atoms with Gasteiger partial charge < -0.3 is 5.11 Å². The minimum Gasteiger partial charge on any atom is -0.480 e. The van der Waals surface area contributed by atoms with Crippen LogP contribution in [-0.4, -0.2) is 29.1 Å². The van der Waals surface area contributed by atoms with Crippen LogP contribution >= 0.6 is 11.6 Å². The number of hydrogen-bond acceptors (Lipinski definition) is 2. The molecule has 1 heterocycles. The van der Waals surface area contributed by atoms with Gasteiger partial charge in [0.2, 0.25) is 0 Å². The van der Waals surface area contributed by atoms with Crippen molar-refractivity contribution < 1.29 is 9.90 Å². The first kappa shape index (κ1) is 12.4. The van der Waals surface area contributed by atoms with Crippen LogP contribution in [0.1, 0.15) is 25.3 Å². The fourth-order valence-corrected chi connectivity index (χ4v) is 2.76. The first-order valence-electron chi connectivity index (χ1n) is 5.80. The zero-order valence-electron chi connectivity index (χ0n) is 9.82. The van der Waals surface area contributed by atoms with Gasteiger partial charge in [-0.25, -0.2) is 4.79 Å². The SMILES string of the molecule is C[C@](C(=O)O)(c1ccccc1Cl)N1CCCC1. The maximum Gasteiger partial charge on any atom is 0.328 e. The smallest absolute Gasteiger partial charge is 0.328 e. The summed E-state index contributed by atoms with van der Waals surface area (Å²) in [5.74, 6) is -0.840. The Balaban J connectivity index is 2.47. The van der Waals surface area contributed by atoms with Crippen molar-refractivity contribution in [2.75, 3.05) is 13.1 Å². The molecule has 17 heavy (non-hydrogen) atoms. The number of rotatable bonds is 3. The molecule has 92 valence electrons. The summed E-state index contributed by atoms with van der Waals surface area (Å²) >= 11 is 6.14. The molecule has 0 amide bonds. The number of carboxylic acid groups (broad SMARTS) is 1. The highest BCUT2D eigenvalue weighted by Gasteiger charge is 2.43. The molecule has 3 nitrogen and oxygen atoms in total. The van der Waals surface area contributed by atoms with Crippen LogP contribution in [0.3, 0.4) is 0 Å². The van der Waals surface area contributed by atoms with Gasteiger partial charge in [0, 0.05) is 10.6 Å². The first-order chi connectivity index (χ1) is 8.06. The lowest BCUT2D eigenvalue weighted by Gasteiger charge is -2.35. The zero-order chi connectivity index (χ0) is 12.5. The third-order valence-electron chi connectivity index (χ3n) is 3.55. The van der Waals surface area contributed by atoms with E-state index in [1.54, 1.807) is 19.1 Å². The molecule has 0 unspecified atom stereocenters. The Bertz CT molecular complexity index is 429. The van der Waals surface area contributed by atoms with Crippen molar-refractivity contribution in [2.45, 2.75) is 25.3 Å². The Morgan fingerprint density at radius 3 is 2.47 bits per heavy atom. The Hall–Kier alpha value is -1.06. The fraction of sp³-hybridized carbons (Fsp3) is 0.462. The normalized spacial score (nSPS) is 20.1. The van der Waals surface area contributed by atoms with Gasteiger partial charge in [0.25, 0.3) is 0 Å². The molecule has 1 atom stereocenters. The van der Waals surface area contributed by atoms with Crippen LogP contribution in [0.25, 0.3) is 0 Å². The molecule has 1 aliphatic rings. The molecule has 0 saturated carbocycles. The summed E-state index contributed by atoms with van der Waals surface area (Å²) in [6.07, 6.45) is 2.10. The van der Waals surface area contributed by atoms with E-state index in [0.29, 0.717) is 10.6 Å². The van der Waals surface area contributed by atoms with E-state index in [9.17, 15) is 9.90 Å². The van der Waals surface area contributed by atoms with Gasteiger partial charge in [-0.2, -0.15) is 0 Å². The van der Waals surface area contributed by atoms with E-state index in [1.165, 1.54) is 0 Å². The van der Waals surface area contributed by atoms with Gasteiger partial charge in [-0.1, -0.05) is 29.8 Å². The molecule has 0 aliphatic carbocycles. The van der Waals surface area contributed by atoms with E-state index in [-0.39, 0.29) is 0 Å². The van der Waals surface area contributed by atoms with E-state index >= 15 is 0 Å². The third kappa shape index (κ3) is 2.05. The number of hydrogen-bond donors (Lipinski definition) is 1. The van der Waals surface area contributed by atoms with Crippen molar-refractivity contribution >= 4 is 17.6 Å². The van der Waals surface area contributed by atoms with Gasteiger partial charge in [0.15, 0.2) is 0 Å². The molecule has 0 aromatic heterocycles. The van der Waals surface area contributed by atoms with Crippen molar-refractivity contribution in [3.05, 3.63) is 34.9 Å². The molecule has 2 rings (SSSR count). The second-order valence-electron chi connectivity index (χ2n) is 4.55. The highest BCUT2D eigenvalue weighted by molar-refractivity contribution is 6.31. The summed E-state index contributed by atoms with van der Waals surface area (Å²) in [5, 5.41) is 10.1. The fourth-order valence-electron chi connectivity index (χ4n) is 2.44. The highest BCUT2D eigenvalue weighted by atomic mass is 35.5. The number of aliphatic carboxylic acids is 1. The average Bonchev–Trinajstić information content (AvgIpc) is 2.82. The summed E-state index contributed by atoms with van der Waals surface area (Å²) in [5.41, 5.74) is -0.342. The van der Waals surface area contributed by atoms with Crippen molar-refractivity contribution in [2.24, 2.45) is 0 Å². The molecule has 1 N–H and O–H groups in total. The lowest BCUT2D eigenvalue weighted by molar-refractivity contribution is -0.150. The largest absolute Gasteiger partial charge is 0.480 e. The average molecular weight is 254 g/mol. The maximum absolute atomic E-state index is 11.7. The predicted molar refractivity (Wildman–Crippen MR) is 67.2 cm³/mol. The number of benzene rings is 1. The third-order valence-corrected chi connectivity index (χ3v) is 3.88. The molecule has 1 aliphatic heterocycles. The van der Waals surface area contributed by atoms with Gasteiger partial charge >= 0.3 is 5.97 Å². The number of halogens is 1. The highest BCUT2D eigenvalue weighted by Crippen LogP contribution is 2.35. The van der Waals surface area contributed by atoms with E-state index in [2.05, 4.69) is 0 Å². The molecule has 0 radical (unpaired) electrons. The second-order valence-corrected chi connectivity index (χ2v) is 4.96. The lowest BCUT2D eigenvalue weighted by Crippen LogP contribution is -2.48. The quantitative estimate of drug-likeness (QED) is 0.901. The topological polar surface area (TPSA) is 40.5 Å². The van der Waals surface area contributed by atoms with Crippen LogP contribution in [0.15, 0.2) is 24.3 Å². The summed E-state index contributed by atoms with van der Waals surface area (Å²) < 4.78 is 0. The van der Waals surface area contributed by atoms with Gasteiger partial charge in [0.05, 0.1) is 0 Å².